The average molecular weight is 287 g/mol. The number of imidazole rings is 2. The number of fused-ring (bicyclic) bond motifs is 1. The zero-order chi connectivity index (χ0) is 15.0. The van der Waals surface area contributed by atoms with Crippen molar-refractivity contribution in [3.63, 3.8) is 0 Å². The lowest BCUT2D eigenvalue weighted by molar-refractivity contribution is 0.612. The molecule has 0 aliphatic carbocycles. The summed E-state index contributed by atoms with van der Waals surface area (Å²) >= 11 is 0. The second-order valence-electron chi connectivity index (χ2n) is 5.32. The van der Waals surface area contributed by atoms with E-state index in [1.165, 1.54) is 12.1 Å². The molecular weight excluding hydrogens is 269 g/mol. The molecule has 0 saturated heterocycles. The van der Waals surface area contributed by atoms with E-state index in [4.69, 9.17) is 5.73 Å². The fourth-order valence-corrected chi connectivity index (χ4v) is 2.52. The number of halogens is 1. The van der Waals surface area contributed by atoms with Crippen LogP contribution in [0.1, 0.15) is 19.9 Å². The summed E-state index contributed by atoms with van der Waals surface area (Å²) in [7, 11) is 0. The topological polar surface area (TPSA) is 61.7 Å². The summed E-state index contributed by atoms with van der Waals surface area (Å²) < 4.78 is 17.5. The Morgan fingerprint density at radius 2 is 2.14 bits per heavy atom. The molecule has 3 rings (SSSR count). The molecule has 0 bridgehead atoms. The molecule has 0 atom stereocenters. The number of benzene rings is 1. The van der Waals surface area contributed by atoms with Crippen molar-refractivity contribution in [1.29, 1.82) is 0 Å². The van der Waals surface area contributed by atoms with Crippen LogP contribution in [-0.4, -0.2) is 25.6 Å². The van der Waals surface area contributed by atoms with E-state index in [9.17, 15) is 4.39 Å². The Morgan fingerprint density at radius 3 is 2.86 bits per heavy atom. The van der Waals surface area contributed by atoms with Gasteiger partial charge >= 0.3 is 0 Å². The molecule has 0 unspecified atom stereocenters. The normalized spacial score (nSPS) is 11.7. The average Bonchev–Trinajstić information content (AvgIpc) is 3.02. The fourth-order valence-electron chi connectivity index (χ4n) is 2.52. The van der Waals surface area contributed by atoms with Gasteiger partial charge in [-0.2, -0.15) is 0 Å². The van der Waals surface area contributed by atoms with Gasteiger partial charge in [-0.15, -0.1) is 0 Å². The number of aromatic nitrogens is 4. The van der Waals surface area contributed by atoms with Gasteiger partial charge in [0.15, 0.2) is 5.82 Å². The first-order valence-corrected chi connectivity index (χ1v) is 7.00. The molecule has 110 valence electrons. The first-order chi connectivity index (χ1) is 10.1. The maximum Gasteiger partial charge on any atom is 0.161 e. The van der Waals surface area contributed by atoms with Gasteiger partial charge < -0.3 is 14.9 Å². The predicted octanol–water partition coefficient (Wildman–Crippen LogP) is 2.58. The van der Waals surface area contributed by atoms with Gasteiger partial charge in [-0.1, -0.05) is 0 Å². The SMILES string of the molecule is CC(C)n1c(-c2cn(CCN)cn2)nc2ccc(F)cc21. The van der Waals surface area contributed by atoms with Crippen LogP contribution < -0.4 is 5.73 Å². The summed E-state index contributed by atoms with van der Waals surface area (Å²) in [6, 6.07) is 4.80. The first kappa shape index (κ1) is 13.8. The van der Waals surface area contributed by atoms with E-state index < -0.39 is 0 Å². The second-order valence-corrected chi connectivity index (χ2v) is 5.32. The van der Waals surface area contributed by atoms with Crippen LogP contribution in [0, 0.1) is 5.82 Å². The van der Waals surface area contributed by atoms with Gasteiger partial charge in [0, 0.05) is 25.3 Å². The highest BCUT2D eigenvalue weighted by Crippen LogP contribution is 2.27. The minimum Gasteiger partial charge on any atom is -0.335 e. The lowest BCUT2D eigenvalue weighted by atomic mass is 10.3. The van der Waals surface area contributed by atoms with Crippen LogP contribution in [0.2, 0.25) is 0 Å². The van der Waals surface area contributed by atoms with Crippen LogP contribution in [-0.2, 0) is 6.54 Å². The molecule has 0 amide bonds. The molecule has 21 heavy (non-hydrogen) atoms. The molecule has 3 aromatic rings. The molecule has 0 spiro atoms. The van der Waals surface area contributed by atoms with Gasteiger partial charge in [-0.25, -0.2) is 14.4 Å². The van der Waals surface area contributed by atoms with Crippen LogP contribution in [0.25, 0.3) is 22.6 Å². The molecule has 0 aliphatic heterocycles. The van der Waals surface area contributed by atoms with Crippen molar-refractivity contribution in [3.8, 4) is 11.5 Å². The molecule has 2 N–H and O–H groups in total. The van der Waals surface area contributed by atoms with Crippen molar-refractivity contribution in [2.45, 2.75) is 26.4 Å². The van der Waals surface area contributed by atoms with E-state index in [0.29, 0.717) is 13.1 Å². The maximum atomic E-state index is 13.5. The third kappa shape index (κ3) is 2.42. The zero-order valence-electron chi connectivity index (χ0n) is 12.1. The quantitative estimate of drug-likeness (QED) is 0.802. The van der Waals surface area contributed by atoms with Crippen molar-refractivity contribution >= 4 is 11.0 Å². The van der Waals surface area contributed by atoms with Gasteiger partial charge in [0.25, 0.3) is 0 Å². The molecular formula is C15H18FN5. The Balaban J connectivity index is 2.18. The third-order valence-corrected chi connectivity index (χ3v) is 3.42. The summed E-state index contributed by atoms with van der Waals surface area (Å²) in [4.78, 5) is 9.00. The molecule has 0 fully saturated rings. The molecule has 0 aliphatic rings. The summed E-state index contributed by atoms with van der Waals surface area (Å²) in [5.74, 6) is 0.492. The van der Waals surface area contributed by atoms with E-state index >= 15 is 0 Å². The monoisotopic (exact) mass is 287 g/mol. The highest BCUT2D eigenvalue weighted by Gasteiger charge is 2.17. The fraction of sp³-hybridized carbons (Fsp3) is 0.333. The molecule has 5 nitrogen and oxygen atoms in total. The third-order valence-electron chi connectivity index (χ3n) is 3.42. The van der Waals surface area contributed by atoms with Crippen molar-refractivity contribution in [2.24, 2.45) is 5.73 Å². The lowest BCUT2D eigenvalue weighted by Crippen LogP contribution is -2.07. The van der Waals surface area contributed by atoms with Crippen LogP contribution in [0.15, 0.2) is 30.7 Å². The van der Waals surface area contributed by atoms with Crippen LogP contribution >= 0.6 is 0 Å². The van der Waals surface area contributed by atoms with E-state index in [-0.39, 0.29) is 11.9 Å². The van der Waals surface area contributed by atoms with E-state index in [1.54, 1.807) is 12.4 Å². The lowest BCUT2D eigenvalue weighted by Gasteiger charge is -2.11. The highest BCUT2D eigenvalue weighted by molar-refractivity contribution is 5.80. The van der Waals surface area contributed by atoms with E-state index in [0.717, 1.165) is 22.6 Å². The van der Waals surface area contributed by atoms with Crippen LogP contribution in [0.5, 0.6) is 0 Å². The number of hydrogen-bond acceptors (Lipinski definition) is 3. The van der Waals surface area contributed by atoms with E-state index in [2.05, 4.69) is 9.97 Å². The molecule has 0 radical (unpaired) electrons. The highest BCUT2D eigenvalue weighted by atomic mass is 19.1. The Hall–Kier alpha value is -2.21. The molecule has 2 aromatic heterocycles. The molecule has 0 saturated carbocycles. The number of nitrogens with two attached hydrogens (primary N) is 1. The largest absolute Gasteiger partial charge is 0.335 e. The molecule has 2 heterocycles. The van der Waals surface area contributed by atoms with Crippen molar-refractivity contribution in [2.75, 3.05) is 6.54 Å². The minimum absolute atomic E-state index is 0.159. The Bertz CT molecular complexity index is 772. The molecule has 1 aromatic carbocycles. The number of hydrogen-bond donors (Lipinski definition) is 1. The smallest absolute Gasteiger partial charge is 0.161 e. The van der Waals surface area contributed by atoms with Gasteiger partial charge in [0.05, 0.1) is 17.4 Å². The van der Waals surface area contributed by atoms with Gasteiger partial charge in [-0.05, 0) is 32.0 Å². The first-order valence-electron chi connectivity index (χ1n) is 7.00. The summed E-state index contributed by atoms with van der Waals surface area (Å²) in [6.07, 6.45) is 3.66. The predicted molar refractivity (Wildman–Crippen MR) is 80.4 cm³/mol. The Kier molecular flexibility index (Phi) is 3.47. The summed E-state index contributed by atoms with van der Waals surface area (Å²) in [5, 5.41) is 0. The molecule has 6 heteroatoms. The van der Waals surface area contributed by atoms with Gasteiger partial charge in [-0.3, -0.25) is 0 Å². The minimum atomic E-state index is -0.260. The van der Waals surface area contributed by atoms with Crippen molar-refractivity contribution in [1.82, 2.24) is 19.1 Å². The maximum absolute atomic E-state index is 13.5. The summed E-state index contributed by atoms with van der Waals surface area (Å²) in [6.45, 7) is 5.37. The van der Waals surface area contributed by atoms with E-state index in [1.807, 2.05) is 29.2 Å². The van der Waals surface area contributed by atoms with Crippen LogP contribution in [0.3, 0.4) is 0 Å². The van der Waals surface area contributed by atoms with Crippen molar-refractivity contribution in [3.05, 3.63) is 36.5 Å². The van der Waals surface area contributed by atoms with Gasteiger partial charge in [0.1, 0.15) is 11.5 Å². The van der Waals surface area contributed by atoms with Crippen molar-refractivity contribution < 1.29 is 4.39 Å². The second kappa shape index (κ2) is 5.29. The number of rotatable bonds is 4. The van der Waals surface area contributed by atoms with Gasteiger partial charge in [0.2, 0.25) is 0 Å². The standard InChI is InChI=1S/C15H18FN5/c1-10(2)21-14-7-11(16)3-4-12(14)19-15(21)13-8-20(6-5-17)9-18-13/h3-4,7-10H,5-6,17H2,1-2H3. The zero-order valence-corrected chi connectivity index (χ0v) is 12.1. The summed E-state index contributed by atoms with van der Waals surface area (Å²) in [5.41, 5.74) is 7.88. The number of nitrogens with zero attached hydrogens (tertiary/aromatic N) is 4. The Labute approximate surface area is 122 Å². The van der Waals surface area contributed by atoms with Crippen LogP contribution in [0.4, 0.5) is 4.39 Å². The Morgan fingerprint density at radius 1 is 1.33 bits per heavy atom.